The Kier molecular flexibility index (Phi) is 10.8. The number of hydroxylamine groups is 1. The number of carbonyl (C=O) groups is 3. The number of urea groups is 1. The topological polar surface area (TPSA) is 95.9 Å². The molecule has 0 heterocycles. The molecule has 1 aromatic rings. The van der Waals surface area contributed by atoms with Crippen molar-refractivity contribution >= 4 is 17.9 Å². The fourth-order valence-corrected chi connectivity index (χ4v) is 3.30. The normalized spacial score (nSPS) is 12.9. The molecular weight excluding hydrogens is 384 g/mol. The molecule has 7 nitrogen and oxygen atoms in total. The van der Waals surface area contributed by atoms with E-state index >= 15 is 0 Å². The fourth-order valence-electron chi connectivity index (χ4n) is 3.30. The van der Waals surface area contributed by atoms with E-state index in [0.717, 1.165) is 10.5 Å². The molecule has 2 unspecified atom stereocenters. The lowest BCUT2D eigenvalue weighted by atomic mass is 9.90. The monoisotopic (exact) mass is 418 g/mol. The number of imide groups is 1. The molecule has 0 fully saturated rings. The average Bonchev–Trinajstić information content (AvgIpc) is 2.70. The van der Waals surface area contributed by atoms with Gasteiger partial charge in [-0.3, -0.25) is 10.0 Å². The second-order valence-electron chi connectivity index (χ2n) is 8.01. The Labute approximate surface area is 179 Å². The van der Waals surface area contributed by atoms with Gasteiger partial charge in [-0.2, -0.15) is 0 Å². The van der Waals surface area contributed by atoms with Crippen LogP contribution in [0, 0.1) is 11.8 Å². The minimum absolute atomic E-state index is 0.0847. The molecule has 2 N–H and O–H groups in total. The van der Waals surface area contributed by atoms with Gasteiger partial charge in [-0.15, -0.1) is 6.58 Å². The van der Waals surface area contributed by atoms with Gasteiger partial charge in [0.05, 0.1) is 6.10 Å². The molecule has 1 aromatic carbocycles. The number of nitrogens with one attached hydrogen (secondary N) is 1. The smallest absolute Gasteiger partial charge is 0.348 e. The zero-order chi connectivity index (χ0) is 22.7. The maximum atomic E-state index is 13.4. The highest BCUT2D eigenvalue weighted by molar-refractivity contribution is 5.99. The summed E-state index contributed by atoms with van der Waals surface area (Å²) in [5.74, 6) is -1.50. The van der Waals surface area contributed by atoms with Crippen molar-refractivity contribution in [3.63, 3.8) is 0 Å². The number of ether oxygens (including phenoxy) is 1. The van der Waals surface area contributed by atoms with E-state index in [1.165, 1.54) is 5.48 Å². The molecule has 0 aliphatic heterocycles. The van der Waals surface area contributed by atoms with Crippen molar-refractivity contribution in [1.82, 2.24) is 10.4 Å². The Hall–Kier alpha value is -2.67. The number of nitrogens with zero attached hydrogens (tertiary/aromatic N) is 1. The third-order valence-corrected chi connectivity index (χ3v) is 4.58. The van der Waals surface area contributed by atoms with Gasteiger partial charge < -0.3 is 4.74 Å². The van der Waals surface area contributed by atoms with Gasteiger partial charge in [0.2, 0.25) is 5.91 Å². The van der Waals surface area contributed by atoms with Gasteiger partial charge in [0.25, 0.3) is 0 Å². The lowest BCUT2D eigenvalue weighted by Gasteiger charge is -2.32. The van der Waals surface area contributed by atoms with E-state index in [-0.39, 0.29) is 12.3 Å². The number of amides is 3. The molecule has 0 bridgehead atoms. The Bertz CT molecular complexity index is 703. The van der Waals surface area contributed by atoms with Crippen molar-refractivity contribution in [2.45, 2.75) is 65.5 Å². The van der Waals surface area contributed by atoms with Crippen molar-refractivity contribution < 1.29 is 24.3 Å². The van der Waals surface area contributed by atoms with Crippen molar-refractivity contribution in [1.29, 1.82) is 0 Å². The van der Waals surface area contributed by atoms with E-state index in [1.807, 2.05) is 32.0 Å². The van der Waals surface area contributed by atoms with Crippen LogP contribution in [0.25, 0.3) is 0 Å². The Morgan fingerprint density at radius 2 is 1.80 bits per heavy atom. The molecule has 0 aliphatic rings. The third kappa shape index (κ3) is 7.99. The molecule has 0 saturated carbocycles. The second-order valence-corrected chi connectivity index (χ2v) is 8.01. The number of hydrogen-bond acceptors (Lipinski definition) is 5. The summed E-state index contributed by atoms with van der Waals surface area (Å²) >= 11 is 0. The summed E-state index contributed by atoms with van der Waals surface area (Å²) in [6.07, 6.45) is 3.01. The van der Waals surface area contributed by atoms with Crippen LogP contribution in [0.15, 0.2) is 43.0 Å². The maximum Gasteiger partial charge on any atom is 0.348 e. The van der Waals surface area contributed by atoms with Crippen LogP contribution in [0.5, 0.6) is 0 Å². The number of allylic oxidation sites excluding steroid dienone is 1. The summed E-state index contributed by atoms with van der Waals surface area (Å²) in [6.45, 7) is 11.1. The van der Waals surface area contributed by atoms with Crippen LogP contribution >= 0.6 is 0 Å². The SMILES string of the molecule is C=CCCC(CC(C)C)C(=O)N(C(=O)NO)C(Cc1ccccc1)C(=O)OC(C)C. The molecule has 7 heteroatoms. The van der Waals surface area contributed by atoms with Gasteiger partial charge in [-0.1, -0.05) is 50.3 Å². The first-order chi connectivity index (χ1) is 14.2. The number of benzene rings is 1. The molecule has 0 spiro atoms. The van der Waals surface area contributed by atoms with E-state index in [9.17, 15) is 19.6 Å². The Morgan fingerprint density at radius 1 is 1.17 bits per heavy atom. The first-order valence-electron chi connectivity index (χ1n) is 10.3. The predicted molar refractivity (Wildman–Crippen MR) is 115 cm³/mol. The zero-order valence-electron chi connectivity index (χ0n) is 18.3. The van der Waals surface area contributed by atoms with Crippen LogP contribution in [0.4, 0.5) is 4.79 Å². The van der Waals surface area contributed by atoms with Crippen LogP contribution in [0.1, 0.15) is 52.5 Å². The van der Waals surface area contributed by atoms with E-state index in [4.69, 9.17) is 4.74 Å². The van der Waals surface area contributed by atoms with Crippen molar-refractivity contribution in [3.05, 3.63) is 48.6 Å². The highest BCUT2D eigenvalue weighted by Gasteiger charge is 2.39. The molecular formula is C23H34N2O5. The Balaban J connectivity index is 3.34. The van der Waals surface area contributed by atoms with Gasteiger partial charge in [0.15, 0.2) is 0 Å². The van der Waals surface area contributed by atoms with Crippen LogP contribution in [-0.2, 0) is 20.7 Å². The molecule has 30 heavy (non-hydrogen) atoms. The summed E-state index contributed by atoms with van der Waals surface area (Å²) in [4.78, 5) is 39.7. The first kappa shape index (κ1) is 25.4. The minimum Gasteiger partial charge on any atom is -0.461 e. The third-order valence-electron chi connectivity index (χ3n) is 4.58. The van der Waals surface area contributed by atoms with E-state index in [1.54, 1.807) is 32.1 Å². The quantitative estimate of drug-likeness (QED) is 0.244. The molecule has 0 saturated heterocycles. The lowest BCUT2D eigenvalue weighted by molar-refractivity contribution is -0.157. The lowest BCUT2D eigenvalue weighted by Crippen LogP contribution is -2.55. The number of carbonyl (C=O) groups excluding carboxylic acids is 3. The maximum absolute atomic E-state index is 13.4. The van der Waals surface area contributed by atoms with E-state index in [0.29, 0.717) is 19.3 Å². The molecule has 0 aromatic heterocycles. The number of esters is 1. The molecule has 0 radical (unpaired) electrons. The summed E-state index contributed by atoms with van der Waals surface area (Å²) in [6, 6.07) is 6.81. The molecule has 166 valence electrons. The molecule has 1 rings (SSSR count). The molecule has 2 atom stereocenters. The average molecular weight is 419 g/mol. The van der Waals surface area contributed by atoms with Gasteiger partial charge in [-0.05, 0) is 44.6 Å². The summed E-state index contributed by atoms with van der Waals surface area (Å²) in [7, 11) is 0. The van der Waals surface area contributed by atoms with Gasteiger partial charge in [-0.25, -0.2) is 20.0 Å². The zero-order valence-corrected chi connectivity index (χ0v) is 18.3. The van der Waals surface area contributed by atoms with Crippen LogP contribution in [-0.4, -0.2) is 40.2 Å². The highest BCUT2D eigenvalue weighted by Crippen LogP contribution is 2.23. The van der Waals surface area contributed by atoms with Gasteiger partial charge in [0, 0.05) is 12.3 Å². The number of rotatable bonds is 11. The minimum atomic E-state index is -1.20. The van der Waals surface area contributed by atoms with E-state index in [2.05, 4.69) is 6.58 Å². The highest BCUT2D eigenvalue weighted by atomic mass is 16.5. The Morgan fingerprint density at radius 3 is 2.30 bits per heavy atom. The van der Waals surface area contributed by atoms with E-state index < -0.39 is 36.0 Å². The molecule has 0 aliphatic carbocycles. The predicted octanol–water partition coefficient (Wildman–Crippen LogP) is 4.11. The van der Waals surface area contributed by atoms with Crippen molar-refractivity contribution in [3.8, 4) is 0 Å². The van der Waals surface area contributed by atoms with Crippen LogP contribution in [0.2, 0.25) is 0 Å². The number of hydrogen-bond donors (Lipinski definition) is 2. The van der Waals surface area contributed by atoms with Crippen LogP contribution in [0.3, 0.4) is 0 Å². The fraction of sp³-hybridized carbons (Fsp3) is 0.522. The molecule has 3 amide bonds. The first-order valence-corrected chi connectivity index (χ1v) is 10.3. The van der Waals surface area contributed by atoms with Crippen LogP contribution < -0.4 is 5.48 Å². The summed E-state index contributed by atoms with van der Waals surface area (Å²) < 4.78 is 5.34. The summed E-state index contributed by atoms with van der Waals surface area (Å²) in [5, 5.41) is 9.31. The largest absolute Gasteiger partial charge is 0.461 e. The second kappa shape index (κ2) is 12.8. The summed E-state index contributed by atoms with van der Waals surface area (Å²) in [5.41, 5.74) is 2.29. The van der Waals surface area contributed by atoms with Crippen molar-refractivity contribution in [2.24, 2.45) is 11.8 Å². The van der Waals surface area contributed by atoms with Gasteiger partial charge >= 0.3 is 12.0 Å². The van der Waals surface area contributed by atoms with Gasteiger partial charge in [0.1, 0.15) is 6.04 Å². The standard InChI is InChI=1S/C23H34N2O5/c1-6-7-13-19(14-16(2)3)21(26)25(23(28)24-29)20(22(27)30-17(4)5)15-18-11-9-8-10-12-18/h6,8-12,16-17,19-20,29H,1,7,13-15H2,2-5H3,(H,24,28). The van der Waals surface area contributed by atoms with Crippen molar-refractivity contribution in [2.75, 3.05) is 0 Å².